The molecule has 0 unspecified atom stereocenters. The maximum absolute atomic E-state index is 12.0. The van der Waals surface area contributed by atoms with E-state index < -0.39 is 0 Å². The van der Waals surface area contributed by atoms with Crippen LogP contribution in [0.15, 0.2) is 48.8 Å². The van der Waals surface area contributed by atoms with Crippen LogP contribution in [0.1, 0.15) is 22.5 Å². The van der Waals surface area contributed by atoms with Gasteiger partial charge in [-0.05, 0) is 24.3 Å². The van der Waals surface area contributed by atoms with Crippen LogP contribution in [0, 0.1) is 0 Å². The minimum atomic E-state index is -0.383. The fourth-order valence-electron chi connectivity index (χ4n) is 2.09. The number of aromatic nitrogens is 1. The first-order valence-corrected chi connectivity index (χ1v) is 9.04. The second-order valence-electron chi connectivity index (χ2n) is 5.72. The number of nitrogens with one attached hydrogen (secondary N) is 2. The summed E-state index contributed by atoms with van der Waals surface area (Å²) >= 11 is 11.7. The van der Waals surface area contributed by atoms with Crippen LogP contribution in [-0.4, -0.2) is 35.1 Å². The number of aliphatic hydroxyl groups excluding tert-OH is 1. The predicted molar refractivity (Wildman–Crippen MR) is 106 cm³/mol. The maximum atomic E-state index is 12.0. The van der Waals surface area contributed by atoms with Crippen molar-refractivity contribution in [2.45, 2.75) is 13.0 Å². The lowest BCUT2D eigenvalue weighted by Crippen LogP contribution is -2.31. The summed E-state index contributed by atoms with van der Waals surface area (Å²) in [7, 11) is 0. The molecule has 0 saturated carbocycles. The summed E-state index contributed by atoms with van der Waals surface area (Å²) in [6.45, 7) is 3.63. The van der Waals surface area contributed by atoms with E-state index in [4.69, 9.17) is 33.0 Å². The van der Waals surface area contributed by atoms with Crippen molar-refractivity contribution in [3.8, 4) is 5.75 Å². The number of carbonyl (C=O) groups is 2. The number of carbonyl (C=O) groups excluding carboxylic acids is 2. The van der Waals surface area contributed by atoms with Crippen LogP contribution in [0.5, 0.6) is 5.75 Å². The largest absolute Gasteiger partial charge is 0.484 e. The van der Waals surface area contributed by atoms with Crippen molar-refractivity contribution in [2.75, 3.05) is 13.2 Å². The van der Waals surface area contributed by atoms with Crippen LogP contribution in [0.2, 0.25) is 10.0 Å². The zero-order chi connectivity index (χ0) is 20.5. The molecule has 2 aromatic rings. The van der Waals surface area contributed by atoms with Crippen molar-refractivity contribution in [1.82, 2.24) is 15.6 Å². The SMILES string of the molecule is C=C(CCNC(=O)c1ccc(CO)nc1)NC(=O)COc1ccc(Cl)c(Cl)c1. The molecule has 2 rings (SSSR count). The molecular formula is C19H19Cl2N3O4. The van der Waals surface area contributed by atoms with Crippen molar-refractivity contribution >= 4 is 35.0 Å². The highest BCUT2D eigenvalue weighted by Gasteiger charge is 2.08. The van der Waals surface area contributed by atoms with Crippen LogP contribution < -0.4 is 15.4 Å². The molecule has 1 aromatic heterocycles. The van der Waals surface area contributed by atoms with Gasteiger partial charge in [0.15, 0.2) is 6.61 Å². The Labute approximate surface area is 172 Å². The number of benzene rings is 1. The summed E-state index contributed by atoms with van der Waals surface area (Å²) in [5, 5.41) is 15.0. The summed E-state index contributed by atoms with van der Waals surface area (Å²) in [5.41, 5.74) is 1.30. The normalized spacial score (nSPS) is 10.2. The van der Waals surface area contributed by atoms with Crippen molar-refractivity contribution in [1.29, 1.82) is 0 Å². The molecule has 148 valence electrons. The molecule has 0 atom stereocenters. The number of nitrogens with zero attached hydrogens (tertiary/aromatic N) is 1. The molecule has 0 aliphatic rings. The van der Waals surface area contributed by atoms with Gasteiger partial charge in [0, 0.05) is 30.9 Å². The predicted octanol–water partition coefficient (Wildman–Crippen LogP) is 2.71. The van der Waals surface area contributed by atoms with Gasteiger partial charge >= 0.3 is 0 Å². The number of hydrogen-bond donors (Lipinski definition) is 3. The van der Waals surface area contributed by atoms with Gasteiger partial charge in [0.1, 0.15) is 5.75 Å². The number of amides is 2. The van der Waals surface area contributed by atoms with E-state index in [1.54, 1.807) is 24.3 Å². The Balaban J connectivity index is 1.68. The third kappa shape index (κ3) is 6.84. The van der Waals surface area contributed by atoms with Gasteiger partial charge in [-0.3, -0.25) is 14.6 Å². The third-order valence-electron chi connectivity index (χ3n) is 3.54. The molecule has 3 N–H and O–H groups in total. The number of ether oxygens (including phenoxy) is 1. The van der Waals surface area contributed by atoms with E-state index >= 15 is 0 Å². The number of aliphatic hydroxyl groups is 1. The van der Waals surface area contributed by atoms with E-state index in [0.717, 1.165) is 0 Å². The first-order chi connectivity index (χ1) is 13.4. The minimum Gasteiger partial charge on any atom is -0.484 e. The minimum absolute atomic E-state index is 0.184. The number of hydrogen-bond acceptors (Lipinski definition) is 5. The van der Waals surface area contributed by atoms with E-state index in [2.05, 4.69) is 22.2 Å². The average Bonchev–Trinajstić information content (AvgIpc) is 2.68. The molecule has 7 nitrogen and oxygen atoms in total. The van der Waals surface area contributed by atoms with Gasteiger partial charge in [-0.2, -0.15) is 0 Å². The quantitative estimate of drug-likeness (QED) is 0.575. The highest BCUT2D eigenvalue weighted by molar-refractivity contribution is 6.42. The van der Waals surface area contributed by atoms with Crippen LogP contribution in [0.4, 0.5) is 0 Å². The first kappa shape index (κ1) is 21.7. The van der Waals surface area contributed by atoms with Gasteiger partial charge in [-0.25, -0.2) is 0 Å². The van der Waals surface area contributed by atoms with Crippen LogP contribution >= 0.6 is 23.2 Å². The summed E-state index contributed by atoms with van der Waals surface area (Å²) in [4.78, 5) is 27.8. The van der Waals surface area contributed by atoms with Gasteiger partial charge in [0.2, 0.25) is 0 Å². The Morgan fingerprint density at radius 2 is 1.96 bits per heavy atom. The van der Waals surface area contributed by atoms with Gasteiger partial charge < -0.3 is 20.5 Å². The van der Waals surface area contributed by atoms with E-state index in [1.165, 1.54) is 12.3 Å². The number of rotatable bonds is 9. The van der Waals surface area contributed by atoms with Gasteiger partial charge in [0.25, 0.3) is 11.8 Å². The molecule has 0 bridgehead atoms. The molecule has 1 aromatic carbocycles. The molecule has 0 spiro atoms. The Kier molecular flexibility index (Phi) is 8.25. The van der Waals surface area contributed by atoms with E-state index in [-0.39, 0.29) is 31.6 Å². The Bertz CT molecular complexity index is 857. The fraction of sp³-hybridized carbons (Fsp3) is 0.211. The van der Waals surface area contributed by atoms with Crippen LogP contribution in [0.25, 0.3) is 0 Å². The van der Waals surface area contributed by atoms with Crippen LogP contribution in [0.3, 0.4) is 0 Å². The highest BCUT2D eigenvalue weighted by Crippen LogP contribution is 2.26. The zero-order valence-electron chi connectivity index (χ0n) is 14.9. The number of pyridine rings is 1. The molecule has 9 heteroatoms. The summed E-state index contributed by atoms with van der Waals surface area (Å²) < 4.78 is 5.33. The topological polar surface area (TPSA) is 101 Å². The van der Waals surface area contributed by atoms with Gasteiger partial charge in [-0.1, -0.05) is 29.8 Å². The molecule has 0 saturated heterocycles. The van der Waals surface area contributed by atoms with Gasteiger partial charge in [-0.15, -0.1) is 0 Å². The van der Waals surface area contributed by atoms with E-state index in [9.17, 15) is 9.59 Å². The standard InChI is InChI=1S/C19H19Cl2N3O4/c1-12(6-7-22-19(27)13-2-3-14(10-25)23-9-13)24-18(26)11-28-15-4-5-16(20)17(21)8-15/h2-5,8-9,25H,1,6-7,10-11H2,(H,22,27)(H,24,26). The Morgan fingerprint density at radius 3 is 2.61 bits per heavy atom. The Morgan fingerprint density at radius 1 is 1.18 bits per heavy atom. The van der Waals surface area contributed by atoms with E-state index in [1.807, 2.05) is 0 Å². The molecule has 0 aliphatic heterocycles. The fourth-order valence-corrected chi connectivity index (χ4v) is 2.38. The third-order valence-corrected chi connectivity index (χ3v) is 4.28. The van der Waals surface area contributed by atoms with Crippen molar-refractivity contribution in [3.63, 3.8) is 0 Å². The monoisotopic (exact) mass is 423 g/mol. The smallest absolute Gasteiger partial charge is 0.262 e. The lowest BCUT2D eigenvalue weighted by Gasteiger charge is -2.11. The van der Waals surface area contributed by atoms with Gasteiger partial charge in [0.05, 0.1) is 27.9 Å². The summed E-state index contributed by atoms with van der Waals surface area (Å²) in [5.74, 6) is -0.270. The van der Waals surface area contributed by atoms with E-state index in [0.29, 0.717) is 39.2 Å². The molecule has 0 aliphatic carbocycles. The highest BCUT2D eigenvalue weighted by atomic mass is 35.5. The molecule has 2 amide bonds. The molecule has 0 radical (unpaired) electrons. The average molecular weight is 424 g/mol. The maximum Gasteiger partial charge on any atom is 0.262 e. The molecule has 0 fully saturated rings. The van der Waals surface area contributed by atoms with Crippen molar-refractivity contribution in [3.05, 3.63) is 70.1 Å². The summed E-state index contributed by atoms with van der Waals surface area (Å²) in [6.07, 6.45) is 1.74. The molecule has 1 heterocycles. The lowest BCUT2D eigenvalue weighted by atomic mass is 10.2. The van der Waals surface area contributed by atoms with Crippen molar-refractivity contribution in [2.24, 2.45) is 0 Å². The van der Waals surface area contributed by atoms with Crippen LogP contribution in [-0.2, 0) is 11.4 Å². The Hall–Kier alpha value is -2.61. The van der Waals surface area contributed by atoms with Crippen molar-refractivity contribution < 1.29 is 19.4 Å². The summed E-state index contributed by atoms with van der Waals surface area (Å²) in [6, 6.07) is 7.84. The lowest BCUT2D eigenvalue weighted by molar-refractivity contribution is -0.122. The number of halogens is 2. The molecular weight excluding hydrogens is 405 g/mol. The first-order valence-electron chi connectivity index (χ1n) is 8.28. The zero-order valence-corrected chi connectivity index (χ0v) is 16.4. The second kappa shape index (κ2) is 10.7. The molecule has 28 heavy (non-hydrogen) atoms. The second-order valence-corrected chi connectivity index (χ2v) is 6.53.